The Morgan fingerprint density at radius 3 is 1.22 bits per heavy atom. The van der Waals surface area contributed by atoms with Gasteiger partial charge in [0.2, 0.25) is 0 Å². The van der Waals surface area contributed by atoms with Crippen molar-refractivity contribution in [3.63, 3.8) is 0 Å². The summed E-state index contributed by atoms with van der Waals surface area (Å²) in [5, 5.41) is 0. The standard InChI is InChI=1S/C8H17F/c1-6(2)8(5,9)7(3)4/h6-7H,1-5H3. The first-order chi connectivity index (χ1) is 3.89. The van der Waals surface area contributed by atoms with E-state index in [-0.39, 0.29) is 11.8 Å². The Bertz CT molecular complexity index is 72.6. The monoisotopic (exact) mass is 132 g/mol. The van der Waals surface area contributed by atoms with Crippen molar-refractivity contribution in [2.45, 2.75) is 40.3 Å². The molecule has 0 unspecified atom stereocenters. The molecule has 0 bridgehead atoms. The van der Waals surface area contributed by atoms with Crippen LogP contribution in [0.4, 0.5) is 4.39 Å². The minimum atomic E-state index is -1.00. The second-order valence-electron chi connectivity index (χ2n) is 3.46. The topological polar surface area (TPSA) is 0 Å². The molecule has 0 amide bonds. The van der Waals surface area contributed by atoms with Crippen molar-refractivity contribution in [1.82, 2.24) is 0 Å². The summed E-state index contributed by atoms with van der Waals surface area (Å²) in [6.45, 7) is 9.34. The normalized spacial score (nSPS) is 13.3. The number of hydrogen-bond donors (Lipinski definition) is 0. The molecule has 56 valence electrons. The lowest BCUT2D eigenvalue weighted by molar-refractivity contribution is 0.0677. The molecule has 9 heavy (non-hydrogen) atoms. The van der Waals surface area contributed by atoms with Crippen LogP contribution in [0.15, 0.2) is 0 Å². The van der Waals surface area contributed by atoms with Gasteiger partial charge in [-0.3, -0.25) is 0 Å². The molecule has 0 aromatic carbocycles. The molecular formula is C8H17F. The summed E-state index contributed by atoms with van der Waals surface area (Å²) >= 11 is 0. The maximum Gasteiger partial charge on any atom is 0.112 e. The van der Waals surface area contributed by atoms with Crippen molar-refractivity contribution in [3.05, 3.63) is 0 Å². The van der Waals surface area contributed by atoms with Crippen LogP contribution < -0.4 is 0 Å². The summed E-state index contributed by atoms with van der Waals surface area (Å²) in [7, 11) is 0. The third kappa shape index (κ3) is 1.96. The highest BCUT2D eigenvalue weighted by Gasteiger charge is 2.30. The van der Waals surface area contributed by atoms with Crippen molar-refractivity contribution >= 4 is 0 Å². The molecule has 0 saturated heterocycles. The molecule has 0 rings (SSSR count). The van der Waals surface area contributed by atoms with Crippen molar-refractivity contribution in [1.29, 1.82) is 0 Å². The third-order valence-electron chi connectivity index (χ3n) is 2.26. The molecule has 0 radical (unpaired) electrons. The number of halogens is 1. The molecular weight excluding hydrogens is 115 g/mol. The van der Waals surface area contributed by atoms with Crippen LogP contribution in [0.25, 0.3) is 0 Å². The summed E-state index contributed by atoms with van der Waals surface area (Å²) in [4.78, 5) is 0. The molecule has 0 nitrogen and oxygen atoms in total. The van der Waals surface area contributed by atoms with E-state index in [2.05, 4.69) is 0 Å². The van der Waals surface area contributed by atoms with E-state index in [4.69, 9.17) is 0 Å². The molecule has 0 fully saturated rings. The van der Waals surface area contributed by atoms with E-state index in [9.17, 15) is 4.39 Å². The Morgan fingerprint density at radius 2 is 1.22 bits per heavy atom. The molecule has 0 N–H and O–H groups in total. The summed E-state index contributed by atoms with van der Waals surface area (Å²) in [5.41, 5.74) is -1.00. The van der Waals surface area contributed by atoms with Gasteiger partial charge in [0, 0.05) is 0 Å². The van der Waals surface area contributed by atoms with E-state index < -0.39 is 5.67 Å². The maximum absolute atomic E-state index is 13.3. The molecule has 0 aromatic rings. The SMILES string of the molecule is CC(C)C(C)(F)C(C)C. The van der Waals surface area contributed by atoms with E-state index in [1.165, 1.54) is 0 Å². The minimum Gasteiger partial charge on any atom is -0.244 e. The van der Waals surface area contributed by atoms with Crippen LogP contribution in [0.1, 0.15) is 34.6 Å². The fraction of sp³-hybridized carbons (Fsp3) is 1.00. The van der Waals surface area contributed by atoms with Gasteiger partial charge in [-0.15, -0.1) is 0 Å². The predicted molar refractivity (Wildman–Crippen MR) is 39.2 cm³/mol. The molecule has 0 aromatic heterocycles. The summed E-state index contributed by atoms with van der Waals surface area (Å²) in [5.74, 6) is 0.245. The van der Waals surface area contributed by atoms with Crippen LogP contribution in [0.3, 0.4) is 0 Å². The summed E-state index contributed by atoms with van der Waals surface area (Å²) in [6, 6.07) is 0. The lowest BCUT2D eigenvalue weighted by atomic mass is 9.84. The first-order valence-electron chi connectivity index (χ1n) is 3.58. The van der Waals surface area contributed by atoms with Gasteiger partial charge >= 0.3 is 0 Å². The Balaban J connectivity index is 4.01. The van der Waals surface area contributed by atoms with E-state index in [1.54, 1.807) is 6.92 Å². The van der Waals surface area contributed by atoms with Crippen LogP contribution in [0.2, 0.25) is 0 Å². The average Bonchev–Trinajstić information content (AvgIpc) is 1.65. The van der Waals surface area contributed by atoms with E-state index >= 15 is 0 Å². The fourth-order valence-corrected chi connectivity index (χ4v) is 0.667. The number of alkyl halides is 1. The van der Waals surface area contributed by atoms with Gasteiger partial charge in [0.1, 0.15) is 5.67 Å². The Kier molecular flexibility index (Phi) is 2.66. The van der Waals surface area contributed by atoms with Gasteiger partial charge in [0.05, 0.1) is 0 Å². The molecule has 0 aliphatic heterocycles. The van der Waals surface area contributed by atoms with Crippen LogP contribution >= 0.6 is 0 Å². The zero-order valence-electron chi connectivity index (χ0n) is 7.03. The highest BCUT2D eigenvalue weighted by atomic mass is 19.1. The van der Waals surface area contributed by atoms with Gasteiger partial charge in [-0.2, -0.15) is 0 Å². The van der Waals surface area contributed by atoms with Gasteiger partial charge in [0.15, 0.2) is 0 Å². The van der Waals surface area contributed by atoms with Gasteiger partial charge in [0.25, 0.3) is 0 Å². The van der Waals surface area contributed by atoms with Gasteiger partial charge in [-0.05, 0) is 18.8 Å². The largest absolute Gasteiger partial charge is 0.244 e. The van der Waals surface area contributed by atoms with Crippen LogP contribution in [0.5, 0.6) is 0 Å². The predicted octanol–water partition coefficient (Wildman–Crippen LogP) is 3.03. The molecule has 0 saturated carbocycles. The zero-order chi connectivity index (χ0) is 7.65. The Morgan fingerprint density at radius 1 is 1.00 bits per heavy atom. The van der Waals surface area contributed by atoms with E-state index in [0.29, 0.717) is 0 Å². The highest BCUT2D eigenvalue weighted by Crippen LogP contribution is 2.29. The smallest absolute Gasteiger partial charge is 0.112 e. The quantitative estimate of drug-likeness (QED) is 0.541. The fourth-order valence-electron chi connectivity index (χ4n) is 0.667. The van der Waals surface area contributed by atoms with Gasteiger partial charge in [-0.25, -0.2) is 4.39 Å². The summed E-state index contributed by atoms with van der Waals surface area (Å²) in [6.07, 6.45) is 0. The second-order valence-corrected chi connectivity index (χ2v) is 3.46. The van der Waals surface area contributed by atoms with Crippen molar-refractivity contribution in [3.8, 4) is 0 Å². The van der Waals surface area contributed by atoms with Crippen molar-refractivity contribution in [2.24, 2.45) is 11.8 Å². The van der Waals surface area contributed by atoms with Gasteiger partial charge in [-0.1, -0.05) is 27.7 Å². The number of rotatable bonds is 2. The first-order valence-corrected chi connectivity index (χ1v) is 3.58. The lowest BCUT2D eigenvalue weighted by Crippen LogP contribution is -2.31. The summed E-state index contributed by atoms with van der Waals surface area (Å²) < 4.78 is 13.3. The molecule has 1 heteroatoms. The Labute approximate surface area is 57.5 Å². The minimum absolute atomic E-state index is 0.123. The second kappa shape index (κ2) is 2.68. The van der Waals surface area contributed by atoms with Crippen LogP contribution in [-0.4, -0.2) is 5.67 Å². The lowest BCUT2D eigenvalue weighted by Gasteiger charge is -2.28. The van der Waals surface area contributed by atoms with Crippen LogP contribution in [0, 0.1) is 11.8 Å². The van der Waals surface area contributed by atoms with Crippen LogP contribution in [-0.2, 0) is 0 Å². The number of hydrogen-bond acceptors (Lipinski definition) is 0. The Hall–Kier alpha value is -0.0700. The first kappa shape index (κ1) is 8.93. The molecule has 0 heterocycles. The molecule has 0 spiro atoms. The van der Waals surface area contributed by atoms with Crippen molar-refractivity contribution < 1.29 is 4.39 Å². The molecule has 0 aliphatic rings. The third-order valence-corrected chi connectivity index (χ3v) is 2.26. The van der Waals surface area contributed by atoms with E-state index in [1.807, 2.05) is 27.7 Å². The van der Waals surface area contributed by atoms with Gasteiger partial charge < -0.3 is 0 Å². The zero-order valence-corrected chi connectivity index (χ0v) is 7.03. The van der Waals surface area contributed by atoms with Crippen molar-refractivity contribution in [2.75, 3.05) is 0 Å². The maximum atomic E-state index is 13.3. The molecule has 0 atom stereocenters. The average molecular weight is 132 g/mol. The molecule has 0 aliphatic carbocycles. The highest BCUT2D eigenvalue weighted by molar-refractivity contribution is 4.79. The van der Waals surface area contributed by atoms with E-state index in [0.717, 1.165) is 0 Å².